The summed E-state index contributed by atoms with van der Waals surface area (Å²) in [5.41, 5.74) is 2.61. The molecule has 1 N–H and O–H groups in total. The Kier molecular flexibility index (Phi) is 5.18. The smallest absolute Gasteiger partial charge is 0.341 e. The molecule has 3 nitrogen and oxygen atoms in total. The van der Waals surface area contributed by atoms with Crippen molar-refractivity contribution >= 4 is 22.3 Å². The summed E-state index contributed by atoms with van der Waals surface area (Å²) in [5.74, 6) is -0.247. The van der Waals surface area contributed by atoms with E-state index in [1.807, 2.05) is 42.8 Å². The number of thiophene rings is 1. The van der Waals surface area contributed by atoms with E-state index < -0.39 is 0 Å². The quantitative estimate of drug-likeness (QED) is 0.632. The Morgan fingerprint density at radius 3 is 2.70 bits per heavy atom. The molecular weight excluding hydrogens is 270 g/mol. The van der Waals surface area contributed by atoms with Crippen molar-refractivity contribution in [2.45, 2.75) is 19.8 Å². The van der Waals surface area contributed by atoms with Crippen LogP contribution in [-0.2, 0) is 4.74 Å². The SMILES string of the molecule is CCCCOC(=O)c1c(-c2ccccc2)csc1NC. The Morgan fingerprint density at radius 1 is 1.30 bits per heavy atom. The van der Waals surface area contributed by atoms with Crippen molar-refractivity contribution in [1.82, 2.24) is 0 Å². The summed E-state index contributed by atoms with van der Waals surface area (Å²) in [4.78, 5) is 12.3. The van der Waals surface area contributed by atoms with E-state index >= 15 is 0 Å². The van der Waals surface area contributed by atoms with E-state index in [9.17, 15) is 4.79 Å². The lowest BCUT2D eigenvalue weighted by Crippen LogP contribution is -2.08. The Bertz CT molecular complexity index is 563. The summed E-state index contributed by atoms with van der Waals surface area (Å²) < 4.78 is 5.36. The number of anilines is 1. The van der Waals surface area contributed by atoms with Crippen molar-refractivity contribution in [3.05, 3.63) is 41.3 Å². The van der Waals surface area contributed by atoms with Crippen LogP contribution in [0.15, 0.2) is 35.7 Å². The Hall–Kier alpha value is -1.81. The maximum Gasteiger partial charge on any atom is 0.341 e. The van der Waals surface area contributed by atoms with Gasteiger partial charge in [0.05, 0.1) is 6.61 Å². The van der Waals surface area contributed by atoms with Gasteiger partial charge in [-0.2, -0.15) is 0 Å². The van der Waals surface area contributed by atoms with Crippen molar-refractivity contribution in [2.75, 3.05) is 19.0 Å². The van der Waals surface area contributed by atoms with Crippen molar-refractivity contribution in [3.8, 4) is 11.1 Å². The number of esters is 1. The second-order valence-corrected chi connectivity index (χ2v) is 5.34. The molecule has 0 radical (unpaired) electrons. The first-order valence-corrected chi connectivity index (χ1v) is 7.67. The predicted molar refractivity (Wildman–Crippen MR) is 84.5 cm³/mol. The maximum atomic E-state index is 12.3. The fourth-order valence-electron chi connectivity index (χ4n) is 1.96. The minimum absolute atomic E-state index is 0.247. The molecule has 0 amide bonds. The number of nitrogens with one attached hydrogen (secondary N) is 1. The number of hydrogen-bond acceptors (Lipinski definition) is 4. The number of hydrogen-bond donors (Lipinski definition) is 1. The molecule has 0 aliphatic carbocycles. The Labute approximate surface area is 123 Å². The van der Waals surface area contributed by atoms with E-state index in [0.29, 0.717) is 12.2 Å². The van der Waals surface area contributed by atoms with Crippen LogP contribution in [0, 0.1) is 0 Å². The molecule has 4 heteroatoms. The molecule has 20 heavy (non-hydrogen) atoms. The van der Waals surface area contributed by atoms with Crippen LogP contribution in [0.3, 0.4) is 0 Å². The van der Waals surface area contributed by atoms with E-state index in [4.69, 9.17) is 4.74 Å². The lowest BCUT2D eigenvalue weighted by molar-refractivity contribution is 0.0502. The highest BCUT2D eigenvalue weighted by molar-refractivity contribution is 7.15. The van der Waals surface area contributed by atoms with Gasteiger partial charge in [0.2, 0.25) is 0 Å². The second kappa shape index (κ2) is 7.10. The molecule has 106 valence electrons. The van der Waals surface area contributed by atoms with E-state index in [2.05, 4.69) is 12.2 Å². The Morgan fingerprint density at radius 2 is 2.05 bits per heavy atom. The van der Waals surface area contributed by atoms with Crippen LogP contribution in [-0.4, -0.2) is 19.6 Å². The largest absolute Gasteiger partial charge is 0.462 e. The average Bonchev–Trinajstić information content (AvgIpc) is 2.92. The first-order valence-electron chi connectivity index (χ1n) is 6.79. The highest BCUT2D eigenvalue weighted by Crippen LogP contribution is 2.35. The van der Waals surface area contributed by atoms with Gasteiger partial charge in [0, 0.05) is 18.0 Å². The van der Waals surface area contributed by atoms with Crippen molar-refractivity contribution in [2.24, 2.45) is 0 Å². The van der Waals surface area contributed by atoms with Crippen molar-refractivity contribution in [3.63, 3.8) is 0 Å². The number of ether oxygens (including phenoxy) is 1. The van der Waals surface area contributed by atoms with Crippen LogP contribution < -0.4 is 5.32 Å². The van der Waals surface area contributed by atoms with Gasteiger partial charge < -0.3 is 10.1 Å². The molecule has 0 aliphatic heterocycles. The molecule has 0 atom stereocenters. The average molecular weight is 289 g/mol. The first kappa shape index (κ1) is 14.6. The molecule has 0 fully saturated rings. The van der Waals surface area contributed by atoms with Crippen molar-refractivity contribution < 1.29 is 9.53 Å². The summed E-state index contributed by atoms with van der Waals surface area (Å²) in [7, 11) is 1.82. The van der Waals surface area contributed by atoms with Gasteiger partial charge in [0.15, 0.2) is 0 Å². The molecule has 0 unspecified atom stereocenters. The van der Waals surface area contributed by atoms with Crippen LogP contribution in [0.2, 0.25) is 0 Å². The monoisotopic (exact) mass is 289 g/mol. The van der Waals surface area contributed by atoms with Crippen LogP contribution in [0.4, 0.5) is 5.00 Å². The molecule has 2 rings (SSSR count). The minimum atomic E-state index is -0.247. The van der Waals surface area contributed by atoms with E-state index in [1.165, 1.54) is 11.3 Å². The fourth-order valence-corrected chi connectivity index (χ4v) is 2.87. The first-order chi connectivity index (χ1) is 9.77. The predicted octanol–water partition coefficient (Wildman–Crippen LogP) is 4.41. The molecule has 1 heterocycles. The standard InChI is InChI=1S/C16H19NO2S/c1-3-4-10-19-16(18)14-13(11-20-15(14)17-2)12-8-6-5-7-9-12/h5-9,11,17H,3-4,10H2,1-2H3. The molecule has 0 saturated carbocycles. The molecule has 0 spiro atoms. The summed E-state index contributed by atoms with van der Waals surface area (Å²) in [5, 5.41) is 5.92. The van der Waals surface area contributed by atoms with Crippen LogP contribution in [0.25, 0.3) is 11.1 Å². The number of rotatable bonds is 6. The van der Waals surface area contributed by atoms with Gasteiger partial charge in [0.1, 0.15) is 10.6 Å². The number of carbonyl (C=O) groups is 1. The third-order valence-corrected chi connectivity index (χ3v) is 4.04. The zero-order valence-electron chi connectivity index (χ0n) is 11.8. The lowest BCUT2D eigenvalue weighted by atomic mass is 10.0. The van der Waals surface area contributed by atoms with E-state index in [1.54, 1.807) is 0 Å². The van der Waals surface area contributed by atoms with Gasteiger partial charge in [-0.3, -0.25) is 0 Å². The Balaban J connectivity index is 2.30. The maximum absolute atomic E-state index is 12.3. The number of carbonyl (C=O) groups excluding carboxylic acids is 1. The van der Waals surface area contributed by atoms with Crippen molar-refractivity contribution in [1.29, 1.82) is 0 Å². The second-order valence-electron chi connectivity index (χ2n) is 4.46. The molecule has 0 aliphatic rings. The van der Waals surface area contributed by atoms with Gasteiger partial charge in [-0.15, -0.1) is 11.3 Å². The number of unbranched alkanes of at least 4 members (excludes halogenated alkanes) is 1. The minimum Gasteiger partial charge on any atom is -0.462 e. The highest BCUT2D eigenvalue weighted by Gasteiger charge is 2.20. The third kappa shape index (κ3) is 3.20. The normalized spacial score (nSPS) is 10.3. The zero-order chi connectivity index (χ0) is 14.4. The van der Waals surface area contributed by atoms with Crippen LogP contribution >= 0.6 is 11.3 Å². The summed E-state index contributed by atoms with van der Waals surface area (Å²) in [6.45, 7) is 2.55. The van der Waals surface area contributed by atoms with E-state index in [-0.39, 0.29) is 5.97 Å². The summed E-state index contributed by atoms with van der Waals surface area (Å²) in [6.07, 6.45) is 1.91. The van der Waals surface area contributed by atoms with Gasteiger partial charge in [-0.05, 0) is 12.0 Å². The molecule has 2 aromatic rings. The molecule has 1 aromatic carbocycles. The number of benzene rings is 1. The molecule has 0 bridgehead atoms. The fraction of sp³-hybridized carbons (Fsp3) is 0.312. The molecule has 1 aromatic heterocycles. The van der Waals surface area contributed by atoms with Crippen LogP contribution in [0.1, 0.15) is 30.1 Å². The molecular formula is C16H19NO2S. The zero-order valence-corrected chi connectivity index (χ0v) is 12.6. The highest BCUT2D eigenvalue weighted by atomic mass is 32.1. The van der Waals surface area contributed by atoms with E-state index in [0.717, 1.165) is 29.0 Å². The third-order valence-electron chi connectivity index (χ3n) is 3.04. The van der Waals surface area contributed by atoms with Crippen LogP contribution in [0.5, 0.6) is 0 Å². The summed E-state index contributed by atoms with van der Waals surface area (Å²) >= 11 is 1.53. The van der Waals surface area contributed by atoms with Gasteiger partial charge in [0.25, 0.3) is 0 Å². The van der Waals surface area contributed by atoms with Gasteiger partial charge in [-0.25, -0.2) is 4.79 Å². The topological polar surface area (TPSA) is 38.3 Å². The van der Waals surface area contributed by atoms with Gasteiger partial charge >= 0.3 is 5.97 Å². The summed E-state index contributed by atoms with van der Waals surface area (Å²) in [6, 6.07) is 9.92. The lowest BCUT2D eigenvalue weighted by Gasteiger charge is -2.08. The van der Waals surface area contributed by atoms with Gasteiger partial charge in [-0.1, -0.05) is 43.7 Å². The molecule has 0 saturated heterocycles.